The smallest absolute Gasteiger partial charge is 0.130 e. The van der Waals surface area contributed by atoms with Crippen molar-refractivity contribution in [2.45, 2.75) is 0 Å². The van der Waals surface area contributed by atoms with Gasteiger partial charge in [0, 0.05) is 6.54 Å². The van der Waals surface area contributed by atoms with Gasteiger partial charge >= 0.3 is 29.6 Å². The van der Waals surface area contributed by atoms with Crippen LogP contribution in [0.3, 0.4) is 0 Å². The molecule has 3 nitrogen and oxygen atoms in total. The Hall–Kier alpha value is 0.880. The summed E-state index contributed by atoms with van der Waals surface area (Å²) in [6, 6.07) is 0. The molecule has 0 radical (unpaired) electrons. The van der Waals surface area contributed by atoms with Gasteiger partial charge in [0.1, 0.15) is 6.67 Å². The van der Waals surface area contributed by atoms with Crippen LogP contribution in [0.1, 0.15) is 0 Å². The maximum absolute atomic E-state index is 10.2. The van der Waals surface area contributed by atoms with Gasteiger partial charge in [-0.05, 0) is 0 Å². The molecular weight excluding hydrogens is 103 g/mol. The quantitative estimate of drug-likeness (QED) is 0.264. The Morgan fingerprint density at radius 3 is 2.43 bits per heavy atom. The molecule has 0 aromatic heterocycles. The molecule has 1 rings (SSSR count). The largest absolute Gasteiger partial charge is 0.633 e. The summed E-state index contributed by atoms with van der Waals surface area (Å²) in [4.78, 5) is 0. The summed E-state index contributed by atoms with van der Waals surface area (Å²) >= 11 is 0. The monoisotopic (exact) mass is 112 g/mol. The van der Waals surface area contributed by atoms with Crippen LogP contribution in [0.4, 0.5) is 0 Å². The number of hydrogen-bond donors (Lipinski definition) is 2. The molecule has 1 atom stereocenters. The average molecular weight is 112 g/mol. The molecule has 0 amide bonds. The van der Waals surface area contributed by atoms with Crippen molar-refractivity contribution in [2.24, 2.45) is 0 Å². The van der Waals surface area contributed by atoms with E-state index < -0.39 is 0 Å². The molecule has 1 heterocycles. The Kier molecular flexibility index (Phi) is 4.31. The Bertz CT molecular complexity index is 46.2. The van der Waals surface area contributed by atoms with Crippen LogP contribution in [0.15, 0.2) is 0 Å². The number of nitrogens with one attached hydrogen (secondary N) is 2. The average Bonchev–Trinajstić information content (AvgIpc) is 1.86. The fraction of sp³-hybridized carbons (Fsp3) is 1.00. The molecule has 1 aliphatic rings. The molecule has 2 N–H and O–H groups in total. The Balaban J connectivity index is 0.000000360. The second kappa shape index (κ2) is 3.83. The van der Waals surface area contributed by atoms with Crippen LogP contribution in [0.25, 0.3) is 0 Å². The Labute approximate surface area is 64.9 Å². The van der Waals surface area contributed by atoms with Crippen LogP contribution in [-0.4, -0.2) is 49.3 Å². The minimum atomic E-state index is 0. The maximum atomic E-state index is 10.2. The van der Waals surface area contributed by atoms with Crippen molar-refractivity contribution in [1.82, 2.24) is 5.32 Å². The first-order valence-electron chi connectivity index (χ1n) is 2.12. The molecule has 0 bridgehead atoms. The topological polar surface area (TPSA) is 39.5 Å². The number of quaternary nitrogens is 1. The molecular formula is C3H9N2NaO. The van der Waals surface area contributed by atoms with E-state index in [-0.39, 0.29) is 29.6 Å². The summed E-state index contributed by atoms with van der Waals surface area (Å²) in [5, 5.41) is 13.4. The second-order valence-corrected chi connectivity index (χ2v) is 1.47. The van der Waals surface area contributed by atoms with Crippen LogP contribution >= 0.6 is 0 Å². The predicted molar refractivity (Wildman–Crippen MR) is 29.2 cm³/mol. The van der Waals surface area contributed by atoms with Gasteiger partial charge in [0.2, 0.25) is 0 Å². The third-order valence-electron chi connectivity index (χ3n) is 0.903. The Morgan fingerprint density at radius 2 is 2.29 bits per heavy atom. The third kappa shape index (κ3) is 2.64. The van der Waals surface area contributed by atoms with E-state index in [1.807, 2.05) is 0 Å². The van der Waals surface area contributed by atoms with E-state index in [9.17, 15) is 5.21 Å². The van der Waals surface area contributed by atoms with Gasteiger partial charge in [-0.2, -0.15) is 0 Å². The van der Waals surface area contributed by atoms with Crippen LogP contribution < -0.4 is 10.4 Å². The summed E-state index contributed by atoms with van der Waals surface area (Å²) in [6.07, 6.45) is 0. The normalized spacial score (nSPS) is 29.6. The van der Waals surface area contributed by atoms with E-state index in [4.69, 9.17) is 0 Å². The van der Waals surface area contributed by atoms with Crippen LogP contribution in [-0.2, 0) is 0 Å². The minimum absolute atomic E-state index is 0. The van der Waals surface area contributed by atoms with Crippen LogP contribution in [0.5, 0.6) is 0 Å². The van der Waals surface area contributed by atoms with Gasteiger partial charge in [0.25, 0.3) is 0 Å². The van der Waals surface area contributed by atoms with Gasteiger partial charge in [-0.15, -0.1) is 0 Å². The fourth-order valence-electron chi connectivity index (χ4n) is 0.544. The standard InChI is InChI=1S/C3H8N2O.Na.H/c6-5-2-1-4-3-5;;/h4-5H,1-3H2;;. The van der Waals surface area contributed by atoms with E-state index in [1.54, 1.807) is 0 Å². The van der Waals surface area contributed by atoms with Gasteiger partial charge in [-0.1, -0.05) is 0 Å². The van der Waals surface area contributed by atoms with Gasteiger partial charge in [-0.3, -0.25) is 5.32 Å². The molecule has 0 aromatic carbocycles. The zero-order valence-corrected chi connectivity index (χ0v) is 3.53. The van der Waals surface area contributed by atoms with Crippen molar-refractivity contribution < 1.29 is 5.06 Å². The van der Waals surface area contributed by atoms with Crippen molar-refractivity contribution in [2.75, 3.05) is 19.8 Å². The van der Waals surface area contributed by atoms with Crippen molar-refractivity contribution in [3.05, 3.63) is 5.21 Å². The molecule has 0 spiro atoms. The summed E-state index contributed by atoms with van der Waals surface area (Å²) in [5.74, 6) is 0. The number of rotatable bonds is 0. The van der Waals surface area contributed by atoms with Crippen LogP contribution in [0.2, 0.25) is 0 Å². The van der Waals surface area contributed by atoms with Crippen molar-refractivity contribution in [3.8, 4) is 0 Å². The van der Waals surface area contributed by atoms with Crippen molar-refractivity contribution in [1.29, 1.82) is 0 Å². The van der Waals surface area contributed by atoms with Crippen molar-refractivity contribution in [3.63, 3.8) is 0 Å². The molecule has 0 saturated carbocycles. The second-order valence-electron chi connectivity index (χ2n) is 1.47. The number of hydroxylamine groups is 2. The van der Waals surface area contributed by atoms with E-state index in [0.717, 1.165) is 13.1 Å². The fourth-order valence-corrected chi connectivity index (χ4v) is 0.544. The van der Waals surface area contributed by atoms with Gasteiger partial charge in [-0.25, -0.2) is 0 Å². The molecule has 1 aliphatic heterocycles. The molecule has 1 saturated heterocycles. The first-order valence-corrected chi connectivity index (χ1v) is 2.12. The molecule has 38 valence electrons. The van der Waals surface area contributed by atoms with Gasteiger partial charge in [0.15, 0.2) is 0 Å². The van der Waals surface area contributed by atoms with E-state index in [0.29, 0.717) is 11.7 Å². The molecule has 0 aromatic rings. The molecule has 7 heavy (non-hydrogen) atoms. The third-order valence-corrected chi connectivity index (χ3v) is 0.903. The maximum Gasteiger partial charge on any atom is 0.130 e. The summed E-state index contributed by atoms with van der Waals surface area (Å²) in [7, 11) is 0. The van der Waals surface area contributed by atoms with Gasteiger partial charge in [0.05, 0.1) is 6.54 Å². The van der Waals surface area contributed by atoms with Crippen molar-refractivity contribution >= 4 is 29.6 Å². The zero-order valence-electron chi connectivity index (χ0n) is 3.53. The minimum Gasteiger partial charge on any atom is -0.633 e. The first-order chi connectivity index (χ1) is 2.89. The molecule has 0 aliphatic carbocycles. The molecule has 1 unspecified atom stereocenters. The number of hydrogen-bond acceptors (Lipinski definition) is 2. The SMILES string of the molecule is [NaH].[O-][NH+]1CCNC1. The summed E-state index contributed by atoms with van der Waals surface area (Å²) in [6.45, 7) is 2.22. The summed E-state index contributed by atoms with van der Waals surface area (Å²) < 4.78 is 0. The zero-order chi connectivity index (χ0) is 4.41. The predicted octanol–water partition coefficient (Wildman–Crippen LogP) is -2.72. The summed E-state index contributed by atoms with van der Waals surface area (Å²) in [5.41, 5.74) is 0. The van der Waals surface area contributed by atoms with E-state index in [1.165, 1.54) is 0 Å². The Morgan fingerprint density at radius 1 is 1.57 bits per heavy atom. The van der Waals surface area contributed by atoms with E-state index >= 15 is 0 Å². The first kappa shape index (κ1) is 7.88. The molecule has 4 heteroatoms. The van der Waals surface area contributed by atoms with Crippen LogP contribution in [0, 0.1) is 5.21 Å². The molecule has 1 fully saturated rings. The van der Waals surface area contributed by atoms with E-state index in [2.05, 4.69) is 5.32 Å². The van der Waals surface area contributed by atoms with Gasteiger partial charge < -0.3 is 10.3 Å².